The van der Waals surface area contributed by atoms with Gasteiger partial charge in [-0.2, -0.15) is 0 Å². The molecule has 0 saturated heterocycles. The second-order valence-electron chi connectivity index (χ2n) is 6.62. The maximum Gasteiger partial charge on any atom is 0.262 e. The predicted molar refractivity (Wildman–Crippen MR) is 107 cm³/mol. The van der Waals surface area contributed by atoms with Crippen LogP contribution in [0.1, 0.15) is 32.3 Å². The van der Waals surface area contributed by atoms with Crippen molar-refractivity contribution in [1.82, 2.24) is 4.72 Å². The van der Waals surface area contributed by atoms with E-state index in [9.17, 15) is 13.2 Å². The molecule has 1 atom stereocenters. The van der Waals surface area contributed by atoms with E-state index in [1.807, 2.05) is 49.4 Å². The van der Waals surface area contributed by atoms with Gasteiger partial charge in [0.15, 0.2) is 6.61 Å². The quantitative estimate of drug-likeness (QED) is 0.689. The van der Waals surface area contributed by atoms with E-state index in [0.29, 0.717) is 12.3 Å². The summed E-state index contributed by atoms with van der Waals surface area (Å²) in [6.45, 7) is 5.49. The molecule has 0 heterocycles. The summed E-state index contributed by atoms with van der Waals surface area (Å²) in [6.07, 6.45) is 0. The lowest BCUT2D eigenvalue weighted by Gasteiger charge is -2.15. The molecule has 0 saturated carbocycles. The maximum absolute atomic E-state index is 11.9. The molecule has 1 unspecified atom stereocenters. The van der Waals surface area contributed by atoms with Gasteiger partial charge in [-0.05, 0) is 49.6 Å². The van der Waals surface area contributed by atoms with Crippen molar-refractivity contribution in [1.29, 1.82) is 0 Å². The highest BCUT2D eigenvalue weighted by molar-refractivity contribution is 7.90. The van der Waals surface area contributed by atoms with Crippen LogP contribution in [0, 0.1) is 0 Å². The molecule has 2 aromatic carbocycles. The number of benzene rings is 2. The summed E-state index contributed by atoms with van der Waals surface area (Å²) in [6, 6.07) is 16.5. The highest BCUT2D eigenvalue weighted by atomic mass is 32.2. The van der Waals surface area contributed by atoms with Crippen LogP contribution >= 0.6 is 0 Å². The van der Waals surface area contributed by atoms with Gasteiger partial charge in [-0.1, -0.05) is 37.3 Å². The van der Waals surface area contributed by atoms with Crippen molar-refractivity contribution >= 4 is 21.6 Å². The normalized spacial score (nSPS) is 12.6. The molecular weight excluding hydrogens is 364 g/mol. The first-order valence-electron chi connectivity index (χ1n) is 8.84. The molecule has 2 rings (SSSR count). The summed E-state index contributed by atoms with van der Waals surface area (Å²) in [7, 11) is -3.27. The first-order chi connectivity index (χ1) is 12.8. The Morgan fingerprint density at radius 3 is 2.22 bits per heavy atom. The van der Waals surface area contributed by atoms with Gasteiger partial charge >= 0.3 is 0 Å². The van der Waals surface area contributed by atoms with Gasteiger partial charge in [0.25, 0.3) is 5.91 Å². The minimum atomic E-state index is -3.27. The molecule has 0 aromatic heterocycles. The van der Waals surface area contributed by atoms with Crippen molar-refractivity contribution in [2.75, 3.05) is 18.5 Å². The molecule has 0 spiro atoms. The van der Waals surface area contributed by atoms with Crippen LogP contribution in [0.25, 0.3) is 0 Å². The van der Waals surface area contributed by atoms with Crippen LogP contribution in [0.5, 0.6) is 5.75 Å². The van der Waals surface area contributed by atoms with E-state index in [2.05, 4.69) is 10.0 Å². The average molecular weight is 391 g/mol. The fourth-order valence-corrected chi connectivity index (χ4v) is 3.10. The number of hydrogen-bond donors (Lipinski definition) is 2. The summed E-state index contributed by atoms with van der Waals surface area (Å²) in [4.78, 5) is 11.9. The summed E-state index contributed by atoms with van der Waals surface area (Å²) < 4.78 is 31.8. The van der Waals surface area contributed by atoms with E-state index >= 15 is 0 Å². The third-order valence-electron chi connectivity index (χ3n) is 4.09. The molecule has 27 heavy (non-hydrogen) atoms. The summed E-state index contributed by atoms with van der Waals surface area (Å²) in [5, 5.41) is 2.30. The van der Waals surface area contributed by atoms with Crippen molar-refractivity contribution in [2.24, 2.45) is 0 Å². The molecule has 7 heteroatoms. The van der Waals surface area contributed by atoms with Crippen LogP contribution in [-0.2, 0) is 14.8 Å². The zero-order valence-electron chi connectivity index (χ0n) is 15.8. The maximum atomic E-state index is 11.9. The monoisotopic (exact) mass is 390 g/mol. The zero-order valence-corrected chi connectivity index (χ0v) is 16.6. The summed E-state index contributed by atoms with van der Waals surface area (Å²) >= 11 is 0. The number of para-hydroxylation sites is 1. The smallest absolute Gasteiger partial charge is 0.262 e. The molecule has 0 radical (unpaired) electrons. The Hall–Kier alpha value is -2.38. The van der Waals surface area contributed by atoms with Gasteiger partial charge in [0.2, 0.25) is 10.0 Å². The van der Waals surface area contributed by atoms with Crippen LogP contribution in [0.3, 0.4) is 0 Å². The number of hydrogen-bond acceptors (Lipinski definition) is 4. The van der Waals surface area contributed by atoms with Gasteiger partial charge in [0.1, 0.15) is 5.75 Å². The molecule has 0 aliphatic rings. The molecule has 146 valence electrons. The van der Waals surface area contributed by atoms with E-state index in [1.165, 1.54) is 0 Å². The number of rotatable bonds is 9. The number of carbonyl (C=O) groups is 1. The van der Waals surface area contributed by atoms with Crippen LogP contribution in [0.2, 0.25) is 0 Å². The Bertz CT molecular complexity index is 834. The standard InChI is InChI=1S/C20H26N2O4S/c1-15(2)27(24,25)21-13-16(3)17-9-11-19(12-10-17)26-14-20(23)22-18-7-5-4-6-8-18/h4-12,15-16,21H,13-14H2,1-3H3,(H,22,23). The van der Waals surface area contributed by atoms with Crippen molar-refractivity contribution in [2.45, 2.75) is 31.9 Å². The highest BCUT2D eigenvalue weighted by Crippen LogP contribution is 2.19. The molecule has 0 fully saturated rings. The Kier molecular flexibility index (Phi) is 7.38. The first-order valence-corrected chi connectivity index (χ1v) is 10.4. The van der Waals surface area contributed by atoms with Gasteiger partial charge < -0.3 is 10.1 Å². The number of ether oxygens (including phenoxy) is 1. The number of nitrogens with one attached hydrogen (secondary N) is 2. The Morgan fingerprint density at radius 1 is 1.00 bits per heavy atom. The zero-order chi connectivity index (χ0) is 19.9. The molecule has 0 aliphatic carbocycles. The Labute approximate surface area is 161 Å². The first kappa shape index (κ1) is 20.9. The molecule has 0 aliphatic heterocycles. The van der Waals surface area contributed by atoms with Gasteiger partial charge in [-0.25, -0.2) is 13.1 Å². The molecule has 2 N–H and O–H groups in total. The molecular formula is C20H26N2O4S. The number of carbonyl (C=O) groups excluding carboxylic acids is 1. The average Bonchev–Trinajstić information content (AvgIpc) is 2.65. The highest BCUT2D eigenvalue weighted by Gasteiger charge is 2.17. The Balaban J connectivity index is 1.83. The van der Waals surface area contributed by atoms with Crippen molar-refractivity contribution < 1.29 is 17.9 Å². The second-order valence-corrected chi connectivity index (χ2v) is 8.94. The number of sulfonamides is 1. The molecule has 6 nitrogen and oxygen atoms in total. The third kappa shape index (κ3) is 6.69. The lowest BCUT2D eigenvalue weighted by molar-refractivity contribution is -0.118. The van der Waals surface area contributed by atoms with Gasteiger partial charge in [0, 0.05) is 12.2 Å². The van der Waals surface area contributed by atoms with E-state index < -0.39 is 15.3 Å². The summed E-state index contributed by atoms with van der Waals surface area (Å²) in [5.74, 6) is 0.368. The van der Waals surface area contributed by atoms with Crippen LogP contribution < -0.4 is 14.8 Å². The van der Waals surface area contributed by atoms with E-state index in [0.717, 1.165) is 11.3 Å². The minimum absolute atomic E-state index is 0.0222. The predicted octanol–water partition coefficient (Wildman–Crippen LogP) is 3.14. The van der Waals surface area contributed by atoms with Gasteiger partial charge in [-0.3, -0.25) is 4.79 Å². The molecule has 1 amide bonds. The van der Waals surface area contributed by atoms with Crippen molar-refractivity contribution in [3.63, 3.8) is 0 Å². The fraction of sp³-hybridized carbons (Fsp3) is 0.350. The lowest BCUT2D eigenvalue weighted by atomic mass is 10.0. The molecule has 0 bridgehead atoms. The van der Waals surface area contributed by atoms with Crippen LogP contribution in [0.15, 0.2) is 54.6 Å². The van der Waals surface area contributed by atoms with E-state index in [1.54, 1.807) is 26.0 Å². The second kappa shape index (κ2) is 9.53. The topological polar surface area (TPSA) is 84.5 Å². The number of amides is 1. The lowest BCUT2D eigenvalue weighted by Crippen LogP contribution is -2.33. The van der Waals surface area contributed by atoms with E-state index in [-0.39, 0.29) is 18.4 Å². The Morgan fingerprint density at radius 2 is 1.63 bits per heavy atom. The minimum Gasteiger partial charge on any atom is -0.484 e. The number of anilines is 1. The largest absolute Gasteiger partial charge is 0.484 e. The SMILES string of the molecule is CC(CNS(=O)(=O)C(C)C)c1ccc(OCC(=O)Nc2ccccc2)cc1. The summed E-state index contributed by atoms with van der Waals surface area (Å²) in [5.41, 5.74) is 1.71. The third-order valence-corrected chi connectivity index (χ3v) is 5.90. The fourth-order valence-electron chi connectivity index (χ4n) is 2.29. The van der Waals surface area contributed by atoms with Crippen LogP contribution in [0.4, 0.5) is 5.69 Å². The molecule has 2 aromatic rings. The van der Waals surface area contributed by atoms with Crippen LogP contribution in [-0.4, -0.2) is 32.7 Å². The van der Waals surface area contributed by atoms with Crippen molar-refractivity contribution in [3.8, 4) is 5.75 Å². The van der Waals surface area contributed by atoms with E-state index in [4.69, 9.17) is 4.74 Å². The van der Waals surface area contributed by atoms with Gasteiger partial charge in [-0.15, -0.1) is 0 Å². The van der Waals surface area contributed by atoms with Gasteiger partial charge in [0.05, 0.1) is 5.25 Å². The van der Waals surface area contributed by atoms with Crippen molar-refractivity contribution in [3.05, 3.63) is 60.2 Å².